The van der Waals surface area contributed by atoms with Gasteiger partial charge in [0.05, 0.1) is 29.8 Å². The molecule has 504 valence electrons. The van der Waals surface area contributed by atoms with E-state index in [9.17, 15) is 48.9 Å². The summed E-state index contributed by atoms with van der Waals surface area (Å²) < 4.78 is 30.5. The summed E-state index contributed by atoms with van der Waals surface area (Å²) in [6.07, 6.45) is 12.5. The minimum absolute atomic E-state index is 0.00723. The Bertz CT molecular complexity index is 3110. The minimum Gasteiger partial charge on any atom is -0.459 e. The number of methoxy groups -OCH3 is 2. The van der Waals surface area contributed by atoms with E-state index < -0.39 is 120 Å². The molecule has 2 aliphatic carbocycles. The molecule has 6 heterocycles. The maximum atomic E-state index is 14.7. The van der Waals surface area contributed by atoms with Crippen molar-refractivity contribution in [2.45, 2.75) is 205 Å². The van der Waals surface area contributed by atoms with Crippen molar-refractivity contribution in [3.05, 3.63) is 76.8 Å². The van der Waals surface area contributed by atoms with Gasteiger partial charge in [0, 0.05) is 102 Å². The first-order chi connectivity index (χ1) is 43.8. The summed E-state index contributed by atoms with van der Waals surface area (Å²) in [5, 5.41) is 34.6. The Morgan fingerprint density at radius 2 is 1.50 bits per heavy atom. The molecule has 2 aromatic rings. The summed E-state index contributed by atoms with van der Waals surface area (Å²) in [5.41, 5.74) is 16.2. The summed E-state index contributed by atoms with van der Waals surface area (Å²) >= 11 is 0. The number of nitrogen functional groups attached to an aromatic ring is 1. The Labute approximate surface area is 540 Å². The number of carbonyl (C=O) groups is 7. The number of aliphatic hydroxyl groups excluding tert-OH is 2. The van der Waals surface area contributed by atoms with Crippen molar-refractivity contribution in [1.29, 1.82) is 0 Å². The van der Waals surface area contributed by atoms with Crippen LogP contribution in [0.2, 0.25) is 0 Å². The second-order valence-corrected chi connectivity index (χ2v) is 26.6. The molecule has 16 atom stereocenters. The van der Waals surface area contributed by atoms with E-state index in [0.29, 0.717) is 109 Å². The lowest BCUT2D eigenvalue weighted by atomic mass is 9.80. The number of fused-ring (bicyclic) bond motifs is 4. The van der Waals surface area contributed by atoms with Crippen molar-refractivity contribution in [2.75, 3.05) is 62.5 Å². The lowest BCUT2D eigenvalue weighted by molar-refractivity contribution is -0.265. The molecule has 2 aromatic heterocycles. The van der Waals surface area contributed by atoms with Crippen LogP contribution in [-0.2, 0) is 65.3 Å². The molecule has 6 aliphatic rings. The topological polar surface area (TPSA) is 340 Å². The van der Waals surface area contributed by atoms with Gasteiger partial charge in [0.1, 0.15) is 42.1 Å². The van der Waals surface area contributed by atoms with Crippen LogP contribution in [0.25, 0.3) is 0 Å². The predicted octanol–water partition coefficient (Wildman–Crippen LogP) is 5.27. The molecule has 4 aliphatic heterocycles. The number of anilines is 3. The van der Waals surface area contributed by atoms with Crippen LogP contribution in [0.5, 0.6) is 0 Å². The normalized spacial score (nSPS) is 34.4. The number of ether oxygens (including phenoxy) is 5. The van der Waals surface area contributed by atoms with Crippen LogP contribution >= 0.6 is 0 Å². The van der Waals surface area contributed by atoms with Crippen molar-refractivity contribution in [1.82, 2.24) is 24.8 Å². The number of aryl methyl sites for hydroxylation is 1. The molecule has 8 rings (SSSR count). The van der Waals surface area contributed by atoms with Crippen LogP contribution in [0.4, 0.5) is 17.7 Å². The number of cyclic esters (lactones) is 1. The molecule has 1 unspecified atom stereocenters. The number of allylic oxidation sites excluding steroid dienone is 6. The van der Waals surface area contributed by atoms with Crippen LogP contribution in [0.1, 0.15) is 154 Å². The zero-order chi connectivity index (χ0) is 66.7. The summed E-state index contributed by atoms with van der Waals surface area (Å²) in [4.78, 5) is 121. The molecule has 0 radical (unpaired) electrons. The summed E-state index contributed by atoms with van der Waals surface area (Å²) in [5.74, 6) is -8.95. The smallest absolute Gasteiger partial charge is 0.329 e. The molecule has 92 heavy (non-hydrogen) atoms. The van der Waals surface area contributed by atoms with E-state index >= 15 is 0 Å². The number of carbonyl (C=O) groups excluding carboxylic acids is 7. The van der Waals surface area contributed by atoms with E-state index in [1.54, 1.807) is 41.2 Å². The molecule has 24 heteroatoms. The number of nitrogens with zero attached hydrogens (tertiary/aromatic N) is 7. The van der Waals surface area contributed by atoms with Crippen LogP contribution in [-0.4, -0.2) is 189 Å². The highest BCUT2D eigenvalue weighted by Gasteiger charge is 2.53. The van der Waals surface area contributed by atoms with Crippen molar-refractivity contribution in [3.8, 4) is 0 Å². The number of esters is 2. The Kier molecular flexibility index (Phi) is 24.7. The average molecular weight is 1280 g/mol. The molecule has 7 N–H and O–H groups in total. The van der Waals surface area contributed by atoms with Gasteiger partial charge >= 0.3 is 11.9 Å². The zero-order valence-electron chi connectivity index (χ0n) is 54.9. The highest BCUT2D eigenvalue weighted by molar-refractivity contribution is 6.39. The third-order valence-electron chi connectivity index (χ3n) is 19.7. The molecule has 0 aromatic carbocycles. The van der Waals surface area contributed by atoms with Crippen molar-refractivity contribution >= 4 is 58.7 Å². The lowest BCUT2D eigenvalue weighted by Gasteiger charge is -2.42. The van der Waals surface area contributed by atoms with Crippen LogP contribution in [0, 0.1) is 35.5 Å². The van der Waals surface area contributed by atoms with E-state index in [-0.39, 0.29) is 66.4 Å². The maximum Gasteiger partial charge on any atom is 0.329 e. The number of piperazine rings is 1. The molecule has 0 spiro atoms. The number of aliphatic hydroxyl groups is 3. The Morgan fingerprint density at radius 3 is 2.18 bits per heavy atom. The lowest BCUT2D eigenvalue weighted by Crippen LogP contribution is -2.61. The molecule has 2 bridgehead atoms. The number of Topliss-reactive ketones (excluding diaryl/α,β-unsaturated/α-hetero) is 4. The number of hydrogen-bond acceptors (Lipinski definition) is 23. The van der Waals surface area contributed by atoms with Gasteiger partial charge in [-0.05, 0) is 133 Å². The van der Waals surface area contributed by atoms with Gasteiger partial charge in [0.15, 0.2) is 11.6 Å². The fourth-order valence-corrected chi connectivity index (χ4v) is 13.8. The van der Waals surface area contributed by atoms with Gasteiger partial charge in [-0.1, -0.05) is 64.2 Å². The number of piperidine rings is 1. The Hall–Kier alpha value is -6.67. The van der Waals surface area contributed by atoms with Gasteiger partial charge in [0.2, 0.25) is 17.7 Å². The fraction of sp³-hybridized carbons (Fsp3) is 0.662. The fourth-order valence-electron chi connectivity index (χ4n) is 13.8. The number of rotatable bonds is 10. The monoisotopic (exact) mass is 1280 g/mol. The largest absolute Gasteiger partial charge is 0.459 e. The third-order valence-corrected chi connectivity index (χ3v) is 19.7. The zero-order valence-corrected chi connectivity index (χ0v) is 54.9. The Morgan fingerprint density at radius 1 is 0.793 bits per heavy atom. The van der Waals surface area contributed by atoms with Crippen LogP contribution in [0.3, 0.4) is 0 Å². The first-order valence-corrected chi connectivity index (χ1v) is 32.9. The van der Waals surface area contributed by atoms with Gasteiger partial charge in [-0.3, -0.25) is 28.8 Å². The van der Waals surface area contributed by atoms with E-state index in [2.05, 4.69) is 14.9 Å². The van der Waals surface area contributed by atoms with E-state index in [1.807, 2.05) is 49.1 Å². The number of aromatic nitrogens is 4. The molecule has 1 saturated carbocycles. The number of nitrogens with two attached hydrogens (primary N) is 2. The van der Waals surface area contributed by atoms with E-state index in [0.717, 1.165) is 21.7 Å². The molecule has 3 saturated heterocycles. The highest BCUT2D eigenvalue weighted by atomic mass is 16.6. The molecule has 4 fully saturated rings. The highest BCUT2D eigenvalue weighted by Crippen LogP contribution is 2.38. The maximum absolute atomic E-state index is 14.7. The SMILES string of the molecule is CO[C@H]1C[C@@H]2CC[C@@H](C)[C@@](O)(O2)C(=O)C(=O)N2CCCC[C@H]2C(=O)O[C@H]([C@H](N)C[C@@H]2CC[C@@H](OC(=O)C3CCc4nc(N5CCN(c6ncc(C(C)=O)c(N)n6)CC5)ncc4C3)[C@H](OC)C2)CC(=O)[C@H](C)/C=C(\C)[C@@H](O)[C@@H](O)C(=O)[C@H](C)C[C@H](C)/C=C/C=C/C=C/1C. The summed E-state index contributed by atoms with van der Waals surface area (Å²) in [6.45, 7) is 14.1. The van der Waals surface area contributed by atoms with Crippen molar-refractivity contribution in [2.24, 2.45) is 41.2 Å². The Balaban J connectivity index is 0.942. The third kappa shape index (κ3) is 17.4. The molecule has 1 amide bonds. The van der Waals surface area contributed by atoms with Crippen molar-refractivity contribution in [3.63, 3.8) is 0 Å². The minimum atomic E-state index is -2.50. The van der Waals surface area contributed by atoms with E-state index in [1.165, 1.54) is 26.1 Å². The van der Waals surface area contributed by atoms with Crippen LogP contribution < -0.4 is 21.3 Å². The number of hydrogen-bond donors (Lipinski definition) is 5. The quantitative estimate of drug-likeness (QED) is 0.0876. The predicted molar refractivity (Wildman–Crippen MR) is 341 cm³/mol. The van der Waals surface area contributed by atoms with Gasteiger partial charge in [-0.2, -0.15) is 4.98 Å². The molecular weight excluding hydrogens is 1180 g/mol. The molecule has 24 nitrogen and oxygen atoms in total. The standard InChI is InChI=1S/C68H97N9O15/c1-38-15-11-10-12-16-39(2)55(88-8)34-48-21-18-43(6)68(87,92-48)61(83)63(84)77-24-14-13-17-52(77)65(86)91-56(35-53(79)40(3)30-42(5)59(81)60(82)58(80)41(4)29-38)50(69)31-45-19-23-54(57(32-45)89-9)90-64(85)46-20-22-51-47(33-46)36-71-66(73-51)75-25-27-76(28-26-75)67-72-37-49(44(7)78)62(70)74-67/h10-12,15-16,30,36-38,40-41,43,45-46,48,50,52,54-57,59-60,81-82,87H,13-14,17-29,31-35,69H2,1-9H3,(H2,70,72,74)/b12-10+,15-11+,39-16+,42-30+/t38-,40-,41-,43-,45+,46?,48+,50-,52+,54-,55+,56+,57-,59-,60+,68-/m1/s1. The van der Waals surface area contributed by atoms with Gasteiger partial charge in [-0.15, -0.1) is 0 Å². The summed E-state index contributed by atoms with van der Waals surface area (Å²) in [7, 11) is 3.11. The first kappa shape index (κ1) is 71.2. The first-order valence-electron chi connectivity index (χ1n) is 32.9. The summed E-state index contributed by atoms with van der Waals surface area (Å²) in [6, 6.07) is -2.22. The van der Waals surface area contributed by atoms with Gasteiger partial charge in [0.25, 0.3) is 11.7 Å². The number of amides is 1. The average Bonchev–Trinajstić information content (AvgIpc) is 0.810. The van der Waals surface area contributed by atoms with Crippen molar-refractivity contribution < 1.29 is 72.6 Å². The second-order valence-electron chi connectivity index (χ2n) is 26.6. The van der Waals surface area contributed by atoms with E-state index in [4.69, 9.17) is 45.1 Å². The van der Waals surface area contributed by atoms with Gasteiger partial charge in [-0.25, -0.2) is 19.7 Å². The van der Waals surface area contributed by atoms with Crippen LogP contribution in [0.15, 0.2) is 60.0 Å². The van der Waals surface area contributed by atoms with Gasteiger partial charge < -0.3 is 65.2 Å². The second kappa shape index (κ2) is 32.0. The molecular formula is C68H97N9O15. The number of ketones is 4.